The zero-order valence-electron chi connectivity index (χ0n) is 12.7. The first-order valence-electron chi connectivity index (χ1n) is 7.42. The molecule has 0 unspecified atom stereocenters. The number of sulfonamides is 1. The molecule has 3 heterocycles. The summed E-state index contributed by atoms with van der Waals surface area (Å²) in [7, 11) is -3.65. The number of amides is 1. The SMILES string of the molecule is O=C(c1ccco1)N1CCC(NS(=O)(=O)c2ccc(Cl)nc2)CC1. The van der Waals surface area contributed by atoms with Crippen molar-refractivity contribution >= 4 is 27.5 Å². The third kappa shape index (κ3) is 3.77. The van der Waals surface area contributed by atoms with Gasteiger partial charge in [-0.25, -0.2) is 18.1 Å². The molecule has 1 saturated heterocycles. The van der Waals surface area contributed by atoms with Crippen molar-refractivity contribution in [1.29, 1.82) is 0 Å². The molecule has 24 heavy (non-hydrogen) atoms. The third-order valence-corrected chi connectivity index (χ3v) is 5.58. The fraction of sp³-hybridized carbons (Fsp3) is 0.333. The van der Waals surface area contributed by atoms with Crippen LogP contribution in [0.25, 0.3) is 0 Å². The summed E-state index contributed by atoms with van der Waals surface area (Å²) < 4.78 is 32.4. The summed E-state index contributed by atoms with van der Waals surface area (Å²) in [5.74, 6) is 0.115. The van der Waals surface area contributed by atoms with Crippen molar-refractivity contribution in [2.24, 2.45) is 0 Å². The molecule has 1 fully saturated rings. The number of carbonyl (C=O) groups excluding carboxylic acids is 1. The fourth-order valence-corrected chi connectivity index (χ4v) is 3.93. The zero-order valence-corrected chi connectivity index (χ0v) is 14.3. The molecule has 0 saturated carbocycles. The number of carbonyl (C=O) groups is 1. The molecule has 128 valence electrons. The average Bonchev–Trinajstić information content (AvgIpc) is 3.09. The lowest BCUT2D eigenvalue weighted by molar-refractivity contribution is 0.0679. The van der Waals surface area contributed by atoms with Crippen molar-refractivity contribution in [3.05, 3.63) is 47.6 Å². The van der Waals surface area contributed by atoms with E-state index in [1.807, 2.05) is 0 Å². The van der Waals surface area contributed by atoms with Gasteiger partial charge in [0.15, 0.2) is 5.76 Å². The predicted molar refractivity (Wildman–Crippen MR) is 87.2 cm³/mol. The Kier molecular flexibility index (Phi) is 4.88. The molecule has 1 N–H and O–H groups in total. The normalized spacial score (nSPS) is 16.3. The van der Waals surface area contributed by atoms with Crippen LogP contribution in [0.2, 0.25) is 5.15 Å². The summed E-state index contributed by atoms with van der Waals surface area (Å²) >= 11 is 5.67. The quantitative estimate of drug-likeness (QED) is 0.831. The van der Waals surface area contributed by atoms with E-state index in [1.165, 1.54) is 24.6 Å². The van der Waals surface area contributed by atoms with Gasteiger partial charge < -0.3 is 9.32 Å². The lowest BCUT2D eigenvalue weighted by Gasteiger charge is -2.31. The number of nitrogens with zero attached hydrogens (tertiary/aromatic N) is 2. The van der Waals surface area contributed by atoms with Crippen LogP contribution in [0, 0.1) is 0 Å². The number of hydrogen-bond acceptors (Lipinski definition) is 5. The van der Waals surface area contributed by atoms with E-state index in [1.54, 1.807) is 17.0 Å². The largest absolute Gasteiger partial charge is 0.459 e. The molecule has 1 aliphatic rings. The lowest BCUT2D eigenvalue weighted by Crippen LogP contribution is -2.46. The molecule has 2 aromatic heterocycles. The van der Waals surface area contributed by atoms with Gasteiger partial charge in [-0.15, -0.1) is 0 Å². The van der Waals surface area contributed by atoms with Crippen LogP contribution in [0.4, 0.5) is 0 Å². The van der Waals surface area contributed by atoms with Gasteiger partial charge in [0.05, 0.1) is 6.26 Å². The van der Waals surface area contributed by atoms with Crippen molar-refractivity contribution in [1.82, 2.24) is 14.6 Å². The van der Waals surface area contributed by atoms with E-state index in [-0.39, 0.29) is 22.0 Å². The molecule has 1 amide bonds. The van der Waals surface area contributed by atoms with Crippen LogP contribution in [-0.2, 0) is 10.0 Å². The number of hydrogen-bond donors (Lipinski definition) is 1. The molecule has 0 bridgehead atoms. The smallest absolute Gasteiger partial charge is 0.289 e. The minimum Gasteiger partial charge on any atom is -0.459 e. The van der Waals surface area contributed by atoms with Gasteiger partial charge in [0.2, 0.25) is 10.0 Å². The maximum atomic E-state index is 12.3. The third-order valence-electron chi connectivity index (χ3n) is 3.85. The second kappa shape index (κ2) is 6.92. The van der Waals surface area contributed by atoms with Crippen LogP contribution in [-0.4, -0.2) is 43.3 Å². The topological polar surface area (TPSA) is 92.5 Å². The van der Waals surface area contributed by atoms with E-state index in [4.69, 9.17) is 16.0 Å². The molecule has 0 aromatic carbocycles. The Bertz CT molecular complexity index is 798. The van der Waals surface area contributed by atoms with Gasteiger partial charge in [0.25, 0.3) is 5.91 Å². The standard InChI is InChI=1S/C15H16ClN3O4S/c16-14-4-3-12(10-17-14)24(21,22)18-11-5-7-19(8-6-11)15(20)13-2-1-9-23-13/h1-4,9-11,18H,5-8H2. The van der Waals surface area contributed by atoms with Gasteiger partial charge in [0, 0.05) is 25.3 Å². The number of furan rings is 1. The molecule has 0 atom stereocenters. The highest BCUT2D eigenvalue weighted by Crippen LogP contribution is 2.17. The van der Waals surface area contributed by atoms with Crippen LogP contribution in [0.15, 0.2) is 46.0 Å². The van der Waals surface area contributed by atoms with Crippen LogP contribution in [0.5, 0.6) is 0 Å². The van der Waals surface area contributed by atoms with E-state index in [2.05, 4.69) is 9.71 Å². The van der Waals surface area contributed by atoms with Crippen molar-refractivity contribution in [3.8, 4) is 0 Å². The van der Waals surface area contributed by atoms with Crippen LogP contribution < -0.4 is 4.72 Å². The van der Waals surface area contributed by atoms with E-state index in [9.17, 15) is 13.2 Å². The second-order valence-corrected chi connectivity index (χ2v) is 7.58. The first-order valence-corrected chi connectivity index (χ1v) is 9.28. The minimum absolute atomic E-state index is 0.0704. The highest BCUT2D eigenvalue weighted by molar-refractivity contribution is 7.89. The molecule has 9 heteroatoms. The first-order chi connectivity index (χ1) is 11.5. The lowest BCUT2D eigenvalue weighted by atomic mass is 10.1. The highest BCUT2D eigenvalue weighted by atomic mass is 35.5. The highest BCUT2D eigenvalue weighted by Gasteiger charge is 2.28. The number of nitrogens with one attached hydrogen (secondary N) is 1. The van der Waals surface area contributed by atoms with Gasteiger partial charge in [-0.1, -0.05) is 11.6 Å². The van der Waals surface area contributed by atoms with Gasteiger partial charge in [-0.2, -0.15) is 0 Å². The minimum atomic E-state index is -3.65. The van der Waals surface area contributed by atoms with Crippen LogP contribution in [0.1, 0.15) is 23.4 Å². The Morgan fingerprint density at radius 2 is 2.04 bits per heavy atom. The Balaban J connectivity index is 1.59. The molecule has 7 nitrogen and oxygen atoms in total. The maximum Gasteiger partial charge on any atom is 0.289 e. The summed E-state index contributed by atoms with van der Waals surface area (Å²) in [6.07, 6.45) is 3.74. The Labute approximate surface area is 144 Å². The van der Waals surface area contributed by atoms with Gasteiger partial charge in [0.1, 0.15) is 10.0 Å². The van der Waals surface area contributed by atoms with Gasteiger partial charge >= 0.3 is 0 Å². The molecule has 0 radical (unpaired) electrons. The molecule has 2 aromatic rings. The van der Waals surface area contributed by atoms with Gasteiger partial charge in [-0.3, -0.25) is 4.79 Å². The summed E-state index contributed by atoms with van der Waals surface area (Å²) in [5, 5.41) is 0.235. The summed E-state index contributed by atoms with van der Waals surface area (Å²) in [6.45, 7) is 0.928. The molecule has 1 aliphatic heterocycles. The monoisotopic (exact) mass is 369 g/mol. The van der Waals surface area contributed by atoms with E-state index < -0.39 is 10.0 Å². The number of halogens is 1. The van der Waals surface area contributed by atoms with Crippen LogP contribution in [0.3, 0.4) is 0 Å². The van der Waals surface area contributed by atoms with Crippen molar-refractivity contribution < 1.29 is 17.6 Å². The number of likely N-dealkylation sites (tertiary alicyclic amines) is 1. The summed E-state index contributed by atoms with van der Waals surface area (Å²) in [6, 6.07) is 5.89. The predicted octanol–water partition coefficient (Wildman–Crippen LogP) is 1.91. The Morgan fingerprint density at radius 3 is 2.62 bits per heavy atom. The van der Waals surface area contributed by atoms with Gasteiger partial charge in [-0.05, 0) is 37.1 Å². The zero-order chi connectivity index (χ0) is 17.2. The van der Waals surface area contributed by atoms with Crippen molar-refractivity contribution in [2.45, 2.75) is 23.8 Å². The summed E-state index contributed by atoms with van der Waals surface area (Å²) in [5.41, 5.74) is 0. The molecular formula is C15H16ClN3O4S. The fourth-order valence-electron chi connectivity index (χ4n) is 2.57. The molecule has 3 rings (SSSR count). The molecular weight excluding hydrogens is 354 g/mol. The Morgan fingerprint density at radius 1 is 1.29 bits per heavy atom. The Hall–Kier alpha value is -1.90. The average molecular weight is 370 g/mol. The van der Waals surface area contributed by atoms with Crippen molar-refractivity contribution in [2.75, 3.05) is 13.1 Å². The van der Waals surface area contributed by atoms with E-state index in [0.717, 1.165) is 0 Å². The number of pyridine rings is 1. The maximum absolute atomic E-state index is 12.3. The van der Waals surface area contributed by atoms with E-state index in [0.29, 0.717) is 31.7 Å². The summed E-state index contributed by atoms with van der Waals surface area (Å²) in [4.78, 5) is 17.7. The second-order valence-electron chi connectivity index (χ2n) is 5.48. The first kappa shape index (κ1) is 16.9. The van der Waals surface area contributed by atoms with Crippen molar-refractivity contribution in [3.63, 3.8) is 0 Å². The number of piperidine rings is 1. The van der Waals surface area contributed by atoms with E-state index >= 15 is 0 Å². The number of rotatable bonds is 4. The molecule has 0 aliphatic carbocycles. The molecule has 0 spiro atoms. The number of aromatic nitrogens is 1. The van der Waals surface area contributed by atoms with Crippen LogP contribution >= 0.6 is 11.6 Å².